The Morgan fingerprint density at radius 3 is 1.60 bits per heavy atom. The third-order valence-corrected chi connectivity index (χ3v) is 14.1. The highest BCUT2D eigenvalue weighted by Crippen LogP contribution is 2.49. The van der Waals surface area contributed by atoms with E-state index in [9.17, 15) is 0 Å². The van der Waals surface area contributed by atoms with E-state index in [0.717, 1.165) is 21.9 Å². The van der Waals surface area contributed by atoms with Crippen molar-refractivity contribution in [2.75, 3.05) is 0 Å². The normalized spacial score (nSPS) is 12.5. The molecule has 13 aromatic rings. The molecule has 14 rings (SSSR count). The van der Waals surface area contributed by atoms with E-state index in [4.69, 9.17) is 4.42 Å². The van der Waals surface area contributed by atoms with E-state index in [1.807, 2.05) is 11.3 Å². The average molecular weight is 751 g/mol. The summed E-state index contributed by atoms with van der Waals surface area (Å²) < 4.78 is 9.13. The van der Waals surface area contributed by atoms with Crippen LogP contribution in [0.15, 0.2) is 186 Å². The largest absolute Gasteiger partial charge is 0.456 e. The first-order chi connectivity index (χ1) is 28.7. The Hall–Kier alpha value is -7.26. The zero-order chi connectivity index (χ0) is 37.6. The summed E-state index contributed by atoms with van der Waals surface area (Å²) in [4.78, 5) is 0. The van der Waals surface area contributed by atoms with Crippen LogP contribution in [0.1, 0.15) is 0 Å². The van der Waals surface area contributed by atoms with Crippen molar-refractivity contribution >= 4 is 107 Å². The van der Waals surface area contributed by atoms with Crippen LogP contribution in [-0.2, 0) is 0 Å². The van der Waals surface area contributed by atoms with Gasteiger partial charge in [-0.25, -0.2) is 0 Å². The number of hydrogen-bond acceptors (Lipinski definition) is 2. The Labute approximate surface area is 336 Å². The molecule has 2 aromatic heterocycles. The second-order valence-electron chi connectivity index (χ2n) is 16.0. The fraction of sp³-hybridized carbons (Fsp3) is 0. The lowest BCUT2D eigenvalue weighted by atomic mass is 9.91. The van der Waals surface area contributed by atoms with Crippen LogP contribution >= 0.6 is 11.3 Å². The van der Waals surface area contributed by atoms with Gasteiger partial charge in [0, 0.05) is 30.9 Å². The molecule has 2 heterocycles. The smallest absolute Gasteiger partial charge is 0.135 e. The standard InChI is InChI=1S/C56H30OS/c1-2-10-37-31(7-1)19-24-53-56(37)50-29-46-41-21-16-33(25-44(41)38-11-3-4-12-39(38)47(46)30-54(50)58-53)35-17-22-51-48(27-35)49-28-36(18-23-52(49)57-51)34-15-20-40-42-13-5-8-32-9-6-14-43(55(32)42)45(40)26-34/h1-30H. The van der Waals surface area contributed by atoms with Crippen molar-refractivity contribution < 1.29 is 4.42 Å². The highest BCUT2D eigenvalue weighted by molar-refractivity contribution is 7.26. The van der Waals surface area contributed by atoms with Crippen molar-refractivity contribution in [3.05, 3.63) is 182 Å². The third-order valence-electron chi connectivity index (χ3n) is 13.0. The predicted molar refractivity (Wildman–Crippen MR) is 249 cm³/mol. The van der Waals surface area contributed by atoms with Crippen molar-refractivity contribution in [1.29, 1.82) is 0 Å². The molecule has 0 spiro atoms. The van der Waals surface area contributed by atoms with Crippen LogP contribution in [0.2, 0.25) is 0 Å². The highest BCUT2D eigenvalue weighted by Gasteiger charge is 2.22. The molecule has 1 aliphatic carbocycles. The third kappa shape index (κ3) is 4.14. The molecule has 0 aliphatic heterocycles. The molecule has 266 valence electrons. The molecule has 1 aliphatic rings. The van der Waals surface area contributed by atoms with Gasteiger partial charge in [0.2, 0.25) is 0 Å². The SMILES string of the molecule is c1cc2c3c(cccc3c1)-c1cc(-c3ccc4oc5ccc(-c6ccc7c(c6)c6ccccc6c6cc8sc9ccc%10ccccc%10c9c8cc76)cc5c4c3)ccc1-2. The Morgan fingerprint density at radius 2 is 0.845 bits per heavy atom. The Balaban J connectivity index is 0.930. The summed E-state index contributed by atoms with van der Waals surface area (Å²) in [6, 6.07) is 67.8. The molecule has 1 nitrogen and oxygen atoms in total. The quantitative estimate of drug-likeness (QED) is 0.160. The molecular formula is C56H30OS. The summed E-state index contributed by atoms with van der Waals surface area (Å²) in [5.74, 6) is 0. The van der Waals surface area contributed by atoms with E-state index < -0.39 is 0 Å². The van der Waals surface area contributed by atoms with Crippen LogP contribution in [0.5, 0.6) is 0 Å². The Bertz CT molecular complexity index is 3970. The fourth-order valence-electron chi connectivity index (χ4n) is 10.3. The summed E-state index contributed by atoms with van der Waals surface area (Å²) in [7, 11) is 0. The summed E-state index contributed by atoms with van der Waals surface area (Å²) in [5, 5.41) is 18.0. The van der Waals surface area contributed by atoms with Gasteiger partial charge in [-0.1, -0.05) is 127 Å². The molecule has 0 saturated heterocycles. The molecule has 0 atom stereocenters. The van der Waals surface area contributed by atoms with Crippen LogP contribution < -0.4 is 0 Å². The summed E-state index contributed by atoms with van der Waals surface area (Å²) in [6.07, 6.45) is 0. The first-order valence-corrected chi connectivity index (χ1v) is 20.8. The van der Waals surface area contributed by atoms with Gasteiger partial charge in [0.05, 0.1) is 0 Å². The second kappa shape index (κ2) is 11.2. The van der Waals surface area contributed by atoms with Gasteiger partial charge in [0.15, 0.2) is 0 Å². The summed E-state index contributed by atoms with van der Waals surface area (Å²) in [6.45, 7) is 0. The lowest BCUT2D eigenvalue weighted by Crippen LogP contribution is -1.85. The van der Waals surface area contributed by atoms with Crippen molar-refractivity contribution in [2.24, 2.45) is 0 Å². The minimum absolute atomic E-state index is 0.906. The molecular weight excluding hydrogens is 721 g/mol. The minimum Gasteiger partial charge on any atom is -0.456 e. The van der Waals surface area contributed by atoms with E-state index in [-0.39, 0.29) is 0 Å². The van der Waals surface area contributed by atoms with Crippen LogP contribution in [0, 0.1) is 0 Å². The van der Waals surface area contributed by atoms with Crippen LogP contribution in [0.4, 0.5) is 0 Å². The molecule has 11 aromatic carbocycles. The minimum atomic E-state index is 0.906. The van der Waals surface area contributed by atoms with Crippen LogP contribution in [0.25, 0.3) is 140 Å². The number of thiophene rings is 1. The van der Waals surface area contributed by atoms with Gasteiger partial charge in [0.25, 0.3) is 0 Å². The number of hydrogen-bond donors (Lipinski definition) is 0. The molecule has 0 amide bonds. The second-order valence-corrected chi connectivity index (χ2v) is 17.0. The molecule has 0 saturated carbocycles. The molecule has 0 radical (unpaired) electrons. The topological polar surface area (TPSA) is 13.1 Å². The zero-order valence-corrected chi connectivity index (χ0v) is 32.0. The van der Waals surface area contributed by atoms with E-state index in [1.165, 1.54) is 119 Å². The van der Waals surface area contributed by atoms with Crippen molar-refractivity contribution in [2.45, 2.75) is 0 Å². The van der Waals surface area contributed by atoms with Gasteiger partial charge in [-0.05, 0) is 153 Å². The van der Waals surface area contributed by atoms with Gasteiger partial charge in [0.1, 0.15) is 11.2 Å². The maximum Gasteiger partial charge on any atom is 0.135 e. The lowest BCUT2D eigenvalue weighted by molar-refractivity contribution is 0.669. The summed E-state index contributed by atoms with van der Waals surface area (Å²) >= 11 is 1.90. The molecule has 0 bridgehead atoms. The highest BCUT2D eigenvalue weighted by atomic mass is 32.1. The number of benzene rings is 11. The maximum atomic E-state index is 6.45. The number of fused-ring (bicyclic) bond motifs is 17. The van der Waals surface area contributed by atoms with Crippen LogP contribution in [-0.4, -0.2) is 0 Å². The van der Waals surface area contributed by atoms with Gasteiger partial charge in [-0.2, -0.15) is 0 Å². The van der Waals surface area contributed by atoms with Crippen molar-refractivity contribution in [3.8, 4) is 44.5 Å². The number of furan rings is 1. The van der Waals surface area contributed by atoms with Gasteiger partial charge < -0.3 is 4.42 Å². The molecule has 2 heteroatoms. The van der Waals surface area contributed by atoms with E-state index >= 15 is 0 Å². The van der Waals surface area contributed by atoms with E-state index in [2.05, 4.69) is 182 Å². The molecule has 0 fully saturated rings. The van der Waals surface area contributed by atoms with Crippen molar-refractivity contribution in [1.82, 2.24) is 0 Å². The predicted octanol–water partition coefficient (Wildman–Crippen LogP) is 16.7. The first-order valence-electron chi connectivity index (χ1n) is 20.0. The van der Waals surface area contributed by atoms with Gasteiger partial charge >= 0.3 is 0 Å². The maximum absolute atomic E-state index is 6.45. The summed E-state index contributed by atoms with van der Waals surface area (Å²) in [5.41, 5.74) is 11.9. The first kappa shape index (κ1) is 30.9. The zero-order valence-electron chi connectivity index (χ0n) is 31.1. The van der Waals surface area contributed by atoms with Crippen LogP contribution in [0.3, 0.4) is 0 Å². The van der Waals surface area contributed by atoms with E-state index in [1.54, 1.807) is 0 Å². The Kier molecular flexibility index (Phi) is 5.96. The lowest BCUT2D eigenvalue weighted by Gasteiger charge is -2.13. The molecule has 58 heavy (non-hydrogen) atoms. The molecule has 0 N–H and O–H groups in total. The average Bonchev–Trinajstić information content (AvgIpc) is 3.95. The Morgan fingerprint density at radius 1 is 0.276 bits per heavy atom. The van der Waals surface area contributed by atoms with E-state index in [0.29, 0.717) is 0 Å². The monoisotopic (exact) mass is 750 g/mol. The number of rotatable bonds is 2. The van der Waals surface area contributed by atoms with Gasteiger partial charge in [-0.15, -0.1) is 11.3 Å². The van der Waals surface area contributed by atoms with Crippen molar-refractivity contribution in [3.63, 3.8) is 0 Å². The molecule has 0 unspecified atom stereocenters. The fourth-order valence-corrected chi connectivity index (χ4v) is 11.4. The van der Waals surface area contributed by atoms with Gasteiger partial charge in [-0.3, -0.25) is 0 Å².